The molecule has 3 N–H and O–H groups in total. The van der Waals surface area contributed by atoms with Crippen molar-refractivity contribution >= 4 is 27.6 Å². The maximum atomic E-state index is 12.9. The highest BCUT2D eigenvalue weighted by Gasteiger charge is 2.51. The fourth-order valence-corrected chi connectivity index (χ4v) is 4.12. The first-order chi connectivity index (χ1) is 15.3. The van der Waals surface area contributed by atoms with Crippen LogP contribution < -0.4 is 14.8 Å². The summed E-state index contributed by atoms with van der Waals surface area (Å²) in [5.41, 5.74) is -0.786. The van der Waals surface area contributed by atoms with Crippen molar-refractivity contribution in [3.63, 3.8) is 0 Å². The quantitative estimate of drug-likeness (QED) is 0.480. The molecular weight excluding hydrogens is 432 g/mol. The van der Waals surface area contributed by atoms with Crippen LogP contribution in [0.1, 0.15) is 23.2 Å². The van der Waals surface area contributed by atoms with Crippen molar-refractivity contribution in [3.05, 3.63) is 84.4 Å². The first-order valence-electron chi connectivity index (χ1n) is 9.80. The van der Waals surface area contributed by atoms with E-state index >= 15 is 0 Å². The lowest BCUT2D eigenvalue weighted by atomic mass is 10.2. The van der Waals surface area contributed by atoms with Crippen LogP contribution in [-0.4, -0.2) is 30.9 Å². The summed E-state index contributed by atoms with van der Waals surface area (Å²) in [7, 11) is -3.96. The number of nitrogens with one attached hydrogen (secondary N) is 2. The van der Waals surface area contributed by atoms with Gasteiger partial charge in [-0.1, -0.05) is 30.3 Å². The predicted octanol–water partition coefficient (Wildman–Crippen LogP) is 3.63. The molecule has 0 aliphatic heterocycles. The number of benzene rings is 3. The van der Waals surface area contributed by atoms with Gasteiger partial charge in [-0.3, -0.25) is 9.52 Å². The number of carboxylic acid groups (broad SMARTS) is 1. The third kappa shape index (κ3) is 4.57. The first-order valence-corrected chi connectivity index (χ1v) is 11.3. The Labute approximate surface area is 184 Å². The van der Waals surface area contributed by atoms with Crippen molar-refractivity contribution in [1.29, 1.82) is 0 Å². The lowest BCUT2D eigenvalue weighted by molar-refractivity contribution is -0.140. The van der Waals surface area contributed by atoms with E-state index in [1.807, 2.05) is 6.07 Å². The van der Waals surface area contributed by atoms with Gasteiger partial charge in [-0.2, -0.15) is 0 Å². The van der Waals surface area contributed by atoms with E-state index in [-0.39, 0.29) is 16.1 Å². The molecule has 1 aliphatic rings. The molecule has 3 aromatic rings. The Morgan fingerprint density at radius 1 is 0.875 bits per heavy atom. The van der Waals surface area contributed by atoms with Crippen LogP contribution in [0.2, 0.25) is 0 Å². The number of hydrogen-bond donors (Lipinski definition) is 3. The molecule has 0 atom stereocenters. The fourth-order valence-electron chi connectivity index (χ4n) is 3.05. The van der Waals surface area contributed by atoms with Gasteiger partial charge in [0, 0.05) is 5.56 Å². The van der Waals surface area contributed by atoms with Crippen molar-refractivity contribution < 1.29 is 27.9 Å². The highest BCUT2D eigenvalue weighted by atomic mass is 32.2. The Hall–Kier alpha value is -3.85. The van der Waals surface area contributed by atoms with Gasteiger partial charge in [-0.25, -0.2) is 13.2 Å². The molecular formula is C23H20N2O6S. The van der Waals surface area contributed by atoms with Gasteiger partial charge in [0.05, 0.1) is 10.6 Å². The van der Waals surface area contributed by atoms with Crippen molar-refractivity contribution in [2.24, 2.45) is 0 Å². The Morgan fingerprint density at radius 2 is 1.50 bits per heavy atom. The number of para-hydroxylation sites is 3. The summed E-state index contributed by atoms with van der Waals surface area (Å²) < 4.78 is 34.0. The molecule has 32 heavy (non-hydrogen) atoms. The summed E-state index contributed by atoms with van der Waals surface area (Å²) in [6, 6.07) is 20.9. The summed E-state index contributed by atoms with van der Waals surface area (Å²) >= 11 is 0. The molecule has 9 heteroatoms. The zero-order chi connectivity index (χ0) is 22.8. The number of anilines is 1. The predicted molar refractivity (Wildman–Crippen MR) is 117 cm³/mol. The number of rotatable bonds is 8. The highest BCUT2D eigenvalue weighted by molar-refractivity contribution is 7.92. The smallest absolute Gasteiger partial charge is 0.329 e. The number of sulfonamides is 1. The average molecular weight is 452 g/mol. The van der Waals surface area contributed by atoms with Gasteiger partial charge >= 0.3 is 5.97 Å². The largest absolute Gasteiger partial charge is 0.480 e. The molecule has 3 aromatic carbocycles. The maximum absolute atomic E-state index is 12.9. The minimum Gasteiger partial charge on any atom is -0.480 e. The van der Waals surface area contributed by atoms with Crippen molar-refractivity contribution in [2.45, 2.75) is 23.3 Å². The fraction of sp³-hybridized carbons (Fsp3) is 0.130. The Kier molecular flexibility index (Phi) is 5.58. The average Bonchev–Trinajstić information content (AvgIpc) is 3.57. The molecule has 0 aromatic heterocycles. The van der Waals surface area contributed by atoms with E-state index in [1.165, 1.54) is 24.3 Å². The Balaban J connectivity index is 1.50. The molecule has 0 unspecified atom stereocenters. The van der Waals surface area contributed by atoms with Crippen molar-refractivity contribution in [2.75, 3.05) is 4.72 Å². The van der Waals surface area contributed by atoms with Gasteiger partial charge in [0.15, 0.2) is 5.75 Å². The molecule has 1 fully saturated rings. The maximum Gasteiger partial charge on any atom is 0.329 e. The lowest BCUT2D eigenvalue weighted by Gasteiger charge is -2.14. The molecule has 164 valence electrons. The summed E-state index contributed by atoms with van der Waals surface area (Å²) in [5, 5.41) is 11.7. The highest BCUT2D eigenvalue weighted by Crippen LogP contribution is 2.36. The van der Waals surface area contributed by atoms with E-state index in [1.54, 1.807) is 48.5 Å². The van der Waals surface area contributed by atoms with E-state index < -0.39 is 27.4 Å². The minimum absolute atomic E-state index is 0.0528. The number of carbonyl (C=O) groups excluding carboxylic acids is 1. The van der Waals surface area contributed by atoms with Crippen LogP contribution in [0.15, 0.2) is 83.8 Å². The van der Waals surface area contributed by atoms with Crippen molar-refractivity contribution in [3.8, 4) is 11.5 Å². The van der Waals surface area contributed by atoms with Crippen LogP contribution >= 0.6 is 0 Å². The SMILES string of the molecule is O=C(NC1(C(=O)O)CC1)c1ccc(S(=O)(=O)Nc2ccccc2Oc2ccccc2)cc1. The van der Waals surface area contributed by atoms with Gasteiger partial charge in [0.2, 0.25) is 0 Å². The zero-order valence-electron chi connectivity index (χ0n) is 16.8. The minimum atomic E-state index is -3.96. The Bertz CT molecular complexity index is 1250. The standard InChI is InChI=1S/C23H20N2O6S/c26-21(24-23(14-15-23)22(27)28)16-10-12-18(13-11-16)32(29,30)25-19-8-4-5-9-20(19)31-17-6-2-1-3-7-17/h1-13,25H,14-15H2,(H,24,26)(H,27,28). The topological polar surface area (TPSA) is 122 Å². The normalized spacial score (nSPS) is 14.2. The molecule has 1 saturated carbocycles. The van der Waals surface area contributed by atoms with Gasteiger partial charge in [0.1, 0.15) is 11.3 Å². The van der Waals surface area contributed by atoms with E-state index in [9.17, 15) is 23.1 Å². The molecule has 0 heterocycles. The summed E-state index contributed by atoms with van der Waals surface area (Å²) in [6.07, 6.45) is 0.740. The zero-order valence-corrected chi connectivity index (χ0v) is 17.6. The second-order valence-corrected chi connectivity index (χ2v) is 9.06. The third-order valence-corrected chi connectivity index (χ3v) is 6.42. The second kappa shape index (κ2) is 8.35. The Morgan fingerprint density at radius 3 is 2.12 bits per heavy atom. The van der Waals surface area contributed by atoms with Gasteiger partial charge in [-0.05, 0) is 61.4 Å². The van der Waals surface area contributed by atoms with Gasteiger partial charge in [0.25, 0.3) is 15.9 Å². The molecule has 0 saturated heterocycles. The van der Waals surface area contributed by atoms with Crippen LogP contribution in [-0.2, 0) is 14.8 Å². The lowest BCUT2D eigenvalue weighted by Crippen LogP contribution is -2.43. The summed E-state index contributed by atoms with van der Waals surface area (Å²) in [4.78, 5) is 23.5. The number of aliphatic carboxylic acids is 1. The van der Waals surface area contributed by atoms with Gasteiger partial charge < -0.3 is 15.2 Å². The number of hydrogen-bond acceptors (Lipinski definition) is 5. The third-order valence-electron chi connectivity index (χ3n) is 5.04. The number of ether oxygens (including phenoxy) is 1. The summed E-state index contributed by atoms with van der Waals surface area (Å²) in [6.45, 7) is 0. The molecule has 0 spiro atoms. The van der Waals surface area contributed by atoms with Gasteiger partial charge in [-0.15, -0.1) is 0 Å². The molecule has 1 amide bonds. The molecule has 1 aliphatic carbocycles. The van der Waals surface area contributed by atoms with E-state index in [0.717, 1.165) is 0 Å². The van der Waals surface area contributed by atoms with Crippen LogP contribution in [0.3, 0.4) is 0 Å². The van der Waals surface area contributed by atoms with E-state index in [4.69, 9.17) is 4.74 Å². The van der Waals surface area contributed by atoms with Crippen LogP contribution in [0.4, 0.5) is 5.69 Å². The van der Waals surface area contributed by atoms with E-state index in [0.29, 0.717) is 24.3 Å². The first kappa shape index (κ1) is 21.4. The van der Waals surface area contributed by atoms with Crippen molar-refractivity contribution in [1.82, 2.24) is 5.32 Å². The van der Waals surface area contributed by atoms with Crippen LogP contribution in [0.25, 0.3) is 0 Å². The molecule has 4 rings (SSSR count). The molecule has 0 radical (unpaired) electrons. The number of carbonyl (C=O) groups is 2. The second-order valence-electron chi connectivity index (χ2n) is 7.38. The number of carboxylic acids is 1. The monoisotopic (exact) mass is 452 g/mol. The van der Waals surface area contributed by atoms with E-state index in [2.05, 4.69) is 10.0 Å². The number of amides is 1. The van der Waals surface area contributed by atoms with Crippen LogP contribution in [0, 0.1) is 0 Å². The van der Waals surface area contributed by atoms with Crippen LogP contribution in [0.5, 0.6) is 11.5 Å². The molecule has 8 nitrogen and oxygen atoms in total. The summed E-state index contributed by atoms with van der Waals surface area (Å²) in [5.74, 6) is -0.750. The molecule has 0 bridgehead atoms.